The molecule has 6 nitrogen and oxygen atoms in total. The number of aromatic nitrogens is 2. The first-order chi connectivity index (χ1) is 9.77. The van der Waals surface area contributed by atoms with Crippen molar-refractivity contribution >= 4 is 17.5 Å². The van der Waals surface area contributed by atoms with E-state index in [-0.39, 0.29) is 24.4 Å². The monoisotopic (exact) mass is 293 g/mol. The van der Waals surface area contributed by atoms with Crippen LogP contribution in [0.5, 0.6) is 0 Å². The van der Waals surface area contributed by atoms with Crippen LogP contribution < -0.4 is 16.0 Å². The highest BCUT2D eigenvalue weighted by atomic mass is 16.1. The Hall–Kier alpha value is -1.85. The Balaban J connectivity index is 3.39. The van der Waals surface area contributed by atoms with E-state index < -0.39 is 0 Å². The van der Waals surface area contributed by atoms with Crippen LogP contribution in [0.4, 0.5) is 11.6 Å². The number of nitrogens with two attached hydrogens (primary N) is 1. The summed E-state index contributed by atoms with van der Waals surface area (Å²) in [7, 11) is 0. The molecule has 0 saturated carbocycles. The number of rotatable bonds is 7. The van der Waals surface area contributed by atoms with Crippen molar-refractivity contribution in [3.8, 4) is 0 Å². The Morgan fingerprint density at radius 1 is 1.29 bits per heavy atom. The molecule has 1 aromatic heterocycles. The first-order valence-corrected chi connectivity index (χ1v) is 7.45. The number of nitrogens with one attached hydrogen (secondary N) is 1. The van der Waals surface area contributed by atoms with E-state index in [9.17, 15) is 4.79 Å². The third kappa shape index (κ3) is 4.31. The molecule has 0 aliphatic heterocycles. The van der Waals surface area contributed by atoms with Gasteiger partial charge in [0.1, 0.15) is 17.5 Å². The number of carbonyl (C=O) groups is 1. The second-order valence-electron chi connectivity index (χ2n) is 5.75. The second-order valence-corrected chi connectivity index (χ2v) is 5.75. The fourth-order valence-electron chi connectivity index (χ4n) is 2.07. The van der Waals surface area contributed by atoms with Crippen LogP contribution in [0.15, 0.2) is 0 Å². The zero-order valence-corrected chi connectivity index (χ0v) is 13.9. The molecular formula is C15H27N5O. The van der Waals surface area contributed by atoms with E-state index in [0.29, 0.717) is 0 Å². The SMILES string of the molecule is CCNc1nc(C(C)C)nc(N(CC(N)=O)C(C)C)c1C. The molecule has 6 heteroatoms. The predicted molar refractivity (Wildman–Crippen MR) is 86.7 cm³/mol. The summed E-state index contributed by atoms with van der Waals surface area (Å²) < 4.78 is 0. The summed E-state index contributed by atoms with van der Waals surface area (Å²) in [6.45, 7) is 13.1. The second kappa shape index (κ2) is 7.24. The summed E-state index contributed by atoms with van der Waals surface area (Å²) in [5, 5.41) is 3.26. The predicted octanol–water partition coefficient (Wildman–Crippen LogP) is 2.04. The molecule has 0 fully saturated rings. The maximum Gasteiger partial charge on any atom is 0.237 e. The molecule has 0 radical (unpaired) electrons. The molecule has 0 spiro atoms. The van der Waals surface area contributed by atoms with Gasteiger partial charge in [-0.1, -0.05) is 13.8 Å². The maximum atomic E-state index is 11.3. The van der Waals surface area contributed by atoms with E-state index in [1.54, 1.807) is 0 Å². The summed E-state index contributed by atoms with van der Waals surface area (Å²) >= 11 is 0. The van der Waals surface area contributed by atoms with Crippen molar-refractivity contribution in [3.05, 3.63) is 11.4 Å². The fraction of sp³-hybridized carbons (Fsp3) is 0.667. The number of hydrogen-bond acceptors (Lipinski definition) is 5. The minimum atomic E-state index is -0.363. The van der Waals surface area contributed by atoms with Crippen molar-refractivity contribution in [2.75, 3.05) is 23.3 Å². The molecule has 3 N–H and O–H groups in total. The van der Waals surface area contributed by atoms with E-state index in [0.717, 1.165) is 29.6 Å². The zero-order valence-electron chi connectivity index (χ0n) is 13.9. The molecule has 0 bridgehead atoms. The van der Waals surface area contributed by atoms with Crippen LogP contribution in [0.2, 0.25) is 0 Å². The topological polar surface area (TPSA) is 84.1 Å². The Labute approximate surface area is 127 Å². The normalized spacial score (nSPS) is 11.0. The lowest BCUT2D eigenvalue weighted by atomic mass is 10.1. The average molecular weight is 293 g/mol. The maximum absolute atomic E-state index is 11.3. The van der Waals surface area contributed by atoms with Crippen molar-refractivity contribution in [2.24, 2.45) is 5.73 Å². The van der Waals surface area contributed by atoms with Gasteiger partial charge < -0.3 is 16.0 Å². The van der Waals surface area contributed by atoms with E-state index in [1.165, 1.54) is 0 Å². The van der Waals surface area contributed by atoms with Gasteiger partial charge in [-0.15, -0.1) is 0 Å². The molecule has 118 valence electrons. The number of nitrogens with zero attached hydrogens (tertiary/aromatic N) is 3. The number of anilines is 2. The van der Waals surface area contributed by atoms with Crippen LogP contribution in [0.3, 0.4) is 0 Å². The lowest BCUT2D eigenvalue weighted by Crippen LogP contribution is -2.40. The number of primary amides is 1. The van der Waals surface area contributed by atoms with Gasteiger partial charge in [0.05, 0.1) is 6.54 Å². The minimum Gasteiger partial charge on any atom is -0.370 e. The highest BCUT2D eigenvalue weighted by Gasteiger charge is 2.21. The van der Waals surface area contributed by atoms with Crippen LogP contribution in [0.25, 0.3) is 0 Å². The van der Waals surface area contributed by atoms with E-state index in [4.69, 9.17) is 5.73 Å². The van der Waals surface area contributed by atoms with Gasteiger partial charge in [-0.2, -0.15) is 0 Å². The summed E-state index contributed by atoms with van der Waals surface area (Å²) in [5.74, 6) is 2.21. The lowest BCUT2D eigenvalue weighted by Gasteiger charge is -2.29. The standard InChI is InChI=1S/C15H27N5O/c1-7-17-14-11(6)15(19-13(18-14)9(2)3)20(10(4)5)8-12(16)21/h9-10H,7-8H2,1-6H3,(H2,16,21)(H,17,18,19). The summed E-state index contributed by atoms with van der Waals surface area (Å²) in [6.07, 6.45) is 0. The van der Waals surface area contributed by atoms with Crippen molar-refractivity contribution < 1.29 is 4.79 Å². The first-order valence-electron chi connectivity index (χ1n) is 7.45. The number of hydrogen-bond donors (Lipinski definition) is 2. The van der Waals surface area contributed by atoms with Gasteiger partial charge in [-0.25, -0.2) is 9.97 Å². The molecule has 21 heavy (non-hydrogen) atoms. The van der Waals surface area contributed by atoms with Crippen LogP contribution in [-0.4, -0.2) is 35.0 Å². The average Bonchev–Trinajstić information content (AvgIpc) is 2.38. The van der Waals surface area contributed by atoms with Crippen molar-refractivity contribution in [2.45, 2.75) is 53.5 Å². The van der Waals surface area contributed by atoms with Gasteiger partial charge in [0, 0.05) is 24.1 Å². The van der Waals surface area contributed by atoms with Crippen LogP contribution in [0, 0.1) is 6.92 Å². The van der Waals surface area contributed by atoms with Crippen LogP contribution in [-0.2, 0) is 4.79 Å². The van der Waals surface area contributed by atoms with Crippen LogP contribution in [0.1, 0.15) is 51.9 Å². The highest BCUT2D eigenvalue weighted by molar-refractivity contribution is 5.80. The zero-order chi connectivity index (χ0) is 16.2. The molecule has 1 rings (SSSR count). The molecule has 1 aromatic rings. The van der Waals surface area contributed by atoms with Gasteiger partial charge in [0.2, 0.25) is 5.91 Å². The summed E-state index contributed by atoms with van der Waals surface area (Å²) in [5.41, 5.74) is 6.31. The first kappa shape index (κ1) is 17.2. The van der Waals surface area contributed by atoms with Gasteiger partial charge in [0.25, 0.3) is 0 Å². The van der Waals surface area contributed by atoms with E-state index >= 15 is 0 Å². The molecule has 1 heterocycles. The quantitative estimate of drug-likeness (QED) is 0.803. The van der Waals surface area contributed by atoms with Gasteiger partial charge in [0.15, 0.2) is 0 Å². The summed E-state index contributed by atoms with van der Waals surface area (Å²) in [4.78, 5) is 22.5. The highest BCUT2D eigenvalue weighted by Crippen LogP contribution is 2.27. The van der Waals surface area contributed by atoms with Crippen LogP contribution >= 0.6 is 0 Å². The largest absolute Gasteiger partial charge is 0.370 e. The molecule has 1 amide bonds. The van der Waals surface area contributed by atoms with Crippen molar-refractivity contribution in [1.82, 2.24) is 9.97 Å². The lowest BCUT2D eigenvalue weighted by molar-refractivity contribution is -0.116. The molecule has 0 atom stereocenters. The van der Waals surface area contributed by atoms with Crippen molar-refractivity contribution in [1.29, 1.82) is 0 Å². The molecule has 0 unspecified atom stereocenters. The minimum absolute atomic E-state index is 0.126. The third-order valence-corrected chi connectivity index (χ3v) is 3.22. The number of amides is 1. The van der Waals surface area contributed by atoms with E-state index in [1.807, 2.05) is 32.6 Å². The fourth-order valence-corrected chi connectivity index (χ4v) is 2.07. The molecule has 0 aliphatic carbocycles. The Kier molecular flexibility index (Phi) is 5.93. The van der Waals surface area contributed by atoms with Gasteiger partial charge in [-0.05, 0) is 27.7 Å². The van der Waals surface area contributed by atoms with Crippen molar-refractivity contribution in [3.63, 3.8) is 0 Å². The smallest absolute Gasteiger partial charge is 0.237 e. The Bertz CT molecular complexity index is 499. The third-order valence-electron chi connectivity index (χ3n) is 3.22. The molecular weight excluding hydrogens is 266 g/mol. The Morgan fingerprint density at radius 3 is 2.33 bits per heavy atom. The van der Waals surface area contributed by atoms with Gasteiger partial charge in [-0.3, -0.25) is 4.79 Å². The molecule has 0 aliphatic rings. The van der Waals surface area contributed by atoms with Gasteiger partial charge >= 0.3 is 0 Å². The molecule has 0 saturated heterocycles. The van der Waals surface area contributed by atoms with E-state index in [2.05, 4.69) is 29.1 Å². The molecule has 0 aromatic carbocycles. The summed E-state index contributed by atoms with van der Waals surface area (Å²) in [6, 6.07) is 0.126. The Morgan fingerprint density at radius 2 is 1.90 bits per heavy atom. The number of carbonyl (C=O) groups excluding carboxylic acids is 1.